The lowest BCUT2D eigenvalue weighted by Gasteiger charge is -2.21. The van der Waals surface area contributed by atoms with Gasteiger partial charge in [0.1, 0.15) is 0 Å². The van der Waals surface area contributed by atoms with Gasteiger partial charge >= 0.3 is 12.1 Å². The molecule has 0 aliphatic carbocycles. The minimum Gasteiger partial charge on any atom is -0.481 e. The molecule has 3 N–H and O–H groups in total. The van der Waals surface area contributed by atoms with Gasteiger partial charge in [-0.25, -0.2) is 4.79 Å². The summed E-state index contributed by atoms with van der Waals surface area (Å²) in [6.45, 7) is 5.26. The number of nitrogens with one attached hydrogen (secondary N) is 1. The molecule has 16 heavy (non-hydrogen) atoms. The molecule has 0 rings (SSSR count). The van der Waals surface area contributed by atoms with E-state index in [4.69, 9.17) is 9.84 Å². The van der Waals surface area contributed by atoms with Gasteiger partial charge in [0.2, 0.25) is 0 Å². The number of carbonyl (C=O) groups is 2. The summed E-state index contributed by atoms with van der Waals surface area (Å²) in [7, 11) is 0. The molecule has 6 heteroatoms. The molecule has 0 aromatic rings. The second kappa shape index (κ2) is 6.32. The van der Waals surface area contributed by atoms with Crippen molar-refractivity contribution in [2.75, 3.05) is 13.2 Å². The number of amides is 1. The van der Waals surface area contributed by atoms with Crippen LogP contribution in [0.3, 0.4) is 0 Å². The van der Waals surface area contributed by atoms with Crippen LogP contribution in [0.5, 0.6) is 0 Å². The van der Waals surface area contributed by atoms with E-state index >= 15 is 0 Å². The van der Waals surface area contributed by atoms with E-state index in [1.54, 1.807) is 0 Å². The van der Waals surface area contributed by atoms with Crippen LogP contribution in [0, 0.1) is 5.92 Å². The lowest BCUT2D eigenvalue weighted by atomic mass is 10.0. The molecule has 0 aliphatic rings. The number of carbonyl (C=O) groups excluding carboxylic acids is 1. The van der Waals surface area contributed by atoms with E-state index in [1.807, 2.05) is 13.8 Å². The SMILES string of the molecule is CC(C)COC(=O)NCC(C)(O)CC(=O)O. The zero-order chi connectivity index (χ0) is 12.8. The fraction of sp³-hybridized carbons (Fsp3) is 0.800. The van der Waals surface area contributed by atoms with Crippen LogP contribution in [-0.2, 0) is 9.53 Å². The molecule has 0 saturated carbocycles. The Bertz CT molecular complexity index is 250. The third-order valence-electron chi connectivity index (χ3n) is 1.69. The Balaban J connectivity index is 3.86. The Morgan fingerprint density at radius 3 is 2.44 bits per heavy atom. The molecule has 0 spiro atoms. The molecule has 94 valence electrons. The minimum absolute atomic E-state index is 0.157. The van der Waals surface area contributed by atoms with Gasteiger partial charge in [-0.2, -0.15) is 0 Å². The first-order valence-electron chi connectivity index (χ1n) is 5.08. The third-order valence-corrected chi connectivity index (χ3v) is 1.69. The summed E-state index contributed by atoms with van der Waals surface area (Å²) >= 11 is 0. The summed E-state index contributed by atoms with van der Waals surface area (Å²) in [5.41, 5.74) is -1.47. The van der Waals surface area contributed by atoms with Gasteiger partial charge in [-0.3, -0.25) is 4.79 Å². The van der Waals surface area contributed by atoms with Crippen LogP contribution >= 0.6 is 0 Å². The van der Waals surface area contributed by atoms with Crippen molar-refractivity contribution in [3.63, 3.8) is 0 Å². The number of hydrogen-bond donors (Lipinski definition) is 3. The Morgan fingerprint density at radius 1 is 1.44 bits per heavy atom. The fourth-order valence-corrected chi connectivity index (χ4v) is 0.944. The van der Waals surface area contributed by atoms with Gasteiger partial charge in [-0.15, -0.1) is 0 Å². The Labute approximate surface area is 94.6 Å². The molecule has 1 amide bonds. The van der Waals surface area contributed by atoms with Crippen LogP contribution in [0.15, 0.2) is 0 Å². The highest BCUT2D eigenvalue weighted by atomic mass is 16.5. The molecule has 1 unspecified atom stereocenters. The van der Waals surface area contributed by atoms with E-state index in [-0.39, 0.29) is 19.1 Å². The maximum atomic E-state index is 11.1. The van der Waals surface area contributed by atoms with Crippen molar-refractivity contribution in [3.05, 3.63) is 0 Å². The number of hydrogen-bond acceptors (Lipinski definition) is 4. The molecule has 0 aliphatic heterocycles. The monoisotopic (exact) mass is 233 g/mol. The Morgan fingerprint density at radius 2 is 2.00 bits per heavy atom. The van der Waals surface area contributed by atoms with E-state index < -0.39 is 24.1 Å². The summed E-state index contributed by atoms with van der Waals surface area (Å²) in [5.74, 6) is -0.896. The van der Waals surface area contributed by atoms with Crippen LogP contribution in [0.25, 0.3) is 0 Å². The highest BCUT2D eigenvalue weighted by Crippen LogP contribution is 2.07. The van der Waals surface area contributed by atoms with Gasteiger partial charge in [-0.05, 0) is 12.8 Å². The molecule has 1 atom stereocenters. The number of aliphatic hydroxyl groups is 1. The van der Waals surface area contributed by atoms with Crippen LogP contribution in [0.1, 0.15) is 27.2 Å². The maximum Gasteiger partial charge on any atom is 0.407 e. The minimum atomic E-state index is -1.47. The van der Waals surface area contributed by atoms with Crippen LogP contribution in [0.2, 0.25) is 0 Å². The molecule has 0 bridgehead atoms. The van der Waals surface area contributed by atoms with Gasteiger partial charge < -0.3 is 20.3 Å². The molecule has 0 aromatic heterocycles. The predicted molar refractivity (Wildman–Crippen MR) is 57.1 cm³/mol. The van der Waals surface area contributed by atoms with E-state index in [0.29, 0.717) is 0 Å². The summed E-state index contributed by atoms with van der Waals surface area (Å²) < 4.78 is 4.80. The van der Waals surface area contributed by atoms with Crippen molar-refractivity contribution in [2.24, 2.45) is 5.92 Å². The smallest absolute Gasteiger partial charge is 0.407 e. The normalized spacial score (nSPS) is 14.3. The van der Waals surface area contributed by atoms with Crippen LogP contribution in [0.4, 0.5) is 4.79 Å². The van der Waals surface area contributed by atoms with E-state index in [2.05, 4.69) is 5.32 Å². The average Bonchev–Trinajstić information content (AvgIpc) is 2.09. The average molecular weight is 233 g/mol. The second-order valence-electron chi connectivity index (χ2n) is 4.41. The molecule has 0 heterocycles. The van der Waals surface area contributed by atoms with Gasteiger partial charge in [0.15, 0.2) is 0 Å². The van der Waals surface area contributed by atoms with E-state index in [9.17, 15) is 14.7 Å². The fourth-order valence-electron chi connectivity index (χ4n) is 0.944. The number of aliphatic carboxylic acids is 1. The summed E-state index contributed by atoms with van der Waals surface area (Å²) in [6.07, 6.45) is -1.09. The highest BCUT2D eigenvalue weighted by molar-refractivity contribution is 5.69. The molecule has 0 radical (unpaired) electrons. The molecular weight excluding hydrogens is 214 g/mol. The standard InChI is InChI=1S/C10H19NO5/c1-7(2)5-16-9(14)11-6-10(3,15)4-8(12)13/h7,15H,4-6H2,1-3H3,(H,11,14)(H,12,13). The lowest BCUT2D eigenvalue weighted by molar-refractivity contribution is -0.141. The number of ether oxygens (including phenoxy) is 1. The van der Waals surface area contributed by atoms with Gasteiger partial charge in [0.25, 0.3) is 0 Å². The molecule has 6 nitrogen and oxygen atoms in total. The van der Waals surface area contributed by atoms with Gasteiger partial charge in [0.05, 0.1) is 18.6 Å². The zero-order valence-corrected chi connectivity index (χ0v) is 9.82. The first kappa shape index (κ1) is 14.7. The molecular formula is C10H19NO5. The third kappa shape index (κ3) is 8.05. The number of alkyl carbamates (subject to hydrolysis) is 1. The first-order valence-corrected chi connectivity index (χ1v) is 5.08. The van der Waals surface area contributed by atoms with Crippen molar-refractivity contribution >= 4 is 12.1 Å². The van der Waals surface area contributed by atoms with Crippen molar-refractivity contribution in [1.82, 2.24) is 5.32 Å². The zero-order valence-electron chi connectivity index (χ0n) is 9.82. The van der Waals surface area contributed by atoms with Gasteiger partial charge in [0, 0.05) is 6.54 Å². The largest absolute Gasteiger partial charge is 0.481 e. The number of rotatable bonds is 6. The van der Waals surface area contributed by atoms with Gasteiger partial charge in [-0.1, -0.05) is 13.8 Å². The highest BCUT2D eigenvalue weighted by Gasteiger charge is 2.25. The van der Waals surface area contributed by atoms with Crippen molar-refractivity contribution < 1.29 is 24.5 Å². The topological polar surface area (TPSA) is 95.9 Å². The maximum absolute atomic E-state index is 11.1. The van der Waals surface area contributed by atoms with Crippen molar-refractivity contribution in [2.45, 2.75) is 32.8 Å². The summed E-state index contributed by atoms with van der Waals surface area (Å²) in [5, 5.41) is 20.4. The molecule has 0 fully saturated rings. The Kier molecular flexibility index (Phi) is 5.81. The predicted octanol–water partition coefficient (Wildman–Crippen LogP) is 0.594. The second-order valence-corrected chi connectivity index (χ2v) is 4.41. The lowest BCUT2D eigenvalue weighted by Crippen LogP contribution is -2.42. The van der Waals surface area contributed by atoms with Crippen molar-refractivity contribution in [3.8, 4) is 0 Å². The summed E-state index contributed by atoms with van der Waals surface area (Å²) in [4.78, 5) is 21.5. The molecule has 0 saturated heterocycles. The van der Waals surface area contributed by atoms with Crippen LogP contribution < -0.4 is 5.32 Å². The number of carboxylic acid groups (broad SMARTS) is 1. The van der Waals surface area contributed by atoms with E-state index in [1.165, 1.54) is 6.92 Å². The quantitative estimate of drug-likeness (QED) is 0.624. The molecule has 0 aromatic carbocycles. The van der Waals surface area contributed by atoms with E-state index in [0.717, 1.165) is 0 Å². The summed E-state index contributed by atoms with van der Waals surface area (Å²) in [6, 6.07) is 0. The van der Waals surface area contributed by atoms with Crippen molar-refractivity contribution in [1.29, 1.82) is 0 Å². The number of carboxylic acids is 1. The Hall–Kier alpha value is -1.30. The van der Waals surface area contributed by atoms with Crippen LogP contribution in [-0.4, -0.2) is 41.0 Å². The first-order chi connectivity index (χ1) is 7.23.